The van der Waals surface area contributed by atoms with Crippen molar-refractivity contribution in [3.63, 3.8) is 0 Å². The van der Waals surface area contributed by atoms with Crippen molar-refractivity contribution in [3.8, 4) is 11.8 Å². The third-order valence-corrected chi connectivity index (χ3v) is 8.47. The van der Waals surface area contributed by atoms with E-state index in [1.165, 1.54) is 29.5 Å². The van der Waals surface area contributed by atoms with Crippen molar-refractivity contribution in [3.05, 3.63) is 63.8 Å². The van der Waals surface area contributed by atoms with Crippen molar-refractivity contribution in [1.82, 2.24) is 14.8 Å². The molecule has 2 heterocycles. The number of nitrogens with one attached hydrogen (secondary N) is 1. The van der Waals surface area contributed by atoms with Crippen LogP contribution in [0.5, 0.6) is 5.75 Å². The minimum Gasteiger partial charge on any atom is -0.483 e. The Labute approximate surface area is 226 Å². The van der Waals surface area contributed by atoms with E-state index >= 15 is 0 Å². The molecule has 0 saturated carbocycles. The molecule has 2 aromatic heterocycles. The molecular formula is C28H33N5O2S2. The van der Waals surface area contributed by atoms with Crippen molar-refractivity contribution in [2.24, 2.45) is 0 Å². The molecule has 1 aromatic carbocycles. The molecule has 0 spiro atoms. The van der Waals surface area contributed by atoms with Crippen LogP contribution in [0.2, 0.25) is 0 Å². The van der Waals surface area contributed by atoms with Gasteiger partial charge in [0.1, 0.15) is 16.8 Å². The number of allylic oxidation sites excluding steroid dienone is 1. The van der Waals surface area contributed by atoms with Gasteiger partial charge in [-0.1, -0.05) is 36.7 Å². The number of thiophene rings is 1. The van der Waals surface area contributed by atoms with Crippen LogP contribution < -0.4 is 10.1 Å². The predicted octanol–water partition coefficient (Wildman–Crippen LogP) is 6.54. The van der Waals surface area contributed by atoms with Crippen LogP contribution in [-0.2, 0) is 24.2 Å². The number of ether oxygens (including phenoxy) is 1. The third-order valence-electron chi connectivity index (χ3n) is 6.30. The summed E-state index contributed by atoms with van der Waals surface area (Å²) in [6.45, 7) is 10.4. The topological polar surface area (TPSA) is 92.8 Å². The molecule has 37 heavy (non-hydrogen) atoms. The maximum Gasteiger partial charge on any atom is 0.235 e. The highest BCUT2D eigenvalue weighted by molar-refractivity contribution is 7.99. The first-order chi connectivity index (χ1) is 17.9. The second-order valence-corrected chi connectivity index (χ2v) is 11.4. The predicted molar refractivity (Wildman–Crippen MR) is 149 cm³/mol. The molecule has 1 unspecified atom stereocenters. The summed E-state index contributed by atoms with van der Waals surface area (Å²) in [6.07, 6.45) is 7.98. The number of nitrogens with zero attached hydrogens (tertiary/aromatic N) is 4. The standard InChI is InChI=1S/C28H33N5O2S2/c1-5-12-33-26(20(4)35-21-14-18(2)13-19(3)15-21)31-32-28(33)36-17-25(34)30-27-23(16-29)22-10-8-6-7-9-11-24(22)37-27/h5,13-15,20H,1,6-12,17H2,2-4H3,(H,30,34). The highest BCUT2D eigenvalue weighted by atomic mass is 32.2. The normalized spacial score (nSPS) is 14.1. The molecule has 194 valence electrons. The van der Waals surface area contributed by atoms with Crippen molar-refractivity contribution >= 4 is 34.0 Å². The first-order valence-electron chi connectivity index (χ1n) is 12.7. The molecule has 0 bridgehead atoms. The number of aromatic nitrogens is 3. The average molecular weight is 536 g/mol. The summed E-state index contributed by atoms with van der Waals surface area (Å²) in [7, 11) is 0. The number of hydrogen-bond donors (Lipinski definition) is 1. The van der Waals surface area contributed by atoms with E-state index in [1.54, 1.807) is 17.4 Å². The lowest BCUT2D eigenvalue weighted by Gasteiger charge is -2.16. The molecule has 7 nitrogen and oxygen atoms in total. The number of hydrogen-bond acceptors (Lipinski definition) is 7. The number of amides is 1. The summed E-state index contributed by atoms with van der Waals surface area (Å²) >= 11 is 2.87. The van der Waals surface area contributed by atoms with Gasteiger partial charge in [-0.3, -0.25) is 9.36 Å². The Morgan fingerprint density at radius 3 is 2.68 bits per heavy atom. The van der Waals surface area contributed by atoms with Gasteiger partial charge in [-0.05, 0) is 75.3 Å². The second kappa shape index (κ2) is 12.4. The Bertz CT molecular complexity index is 1300. The van der Waals surface area contributed by atoms with E-state index in [9.17, 15) is 10.1 Å². The van der Waals surface area contributed by atoms with Crippen molar-refractivity contribution < 1.29 is 9.53 Å². The fourth-order valence-corrected chi connectivity index (χ4v) is 6.70. The quantitative estimate of drug-likeness (QED) is 0.247. The van der Waals surface area contributed by atoms with Gasteiger partial charge >= 0.3 is 0 Å². The van der Waals surface area contributed by atoms with E-state index < -0.39 is 0 Å². The van der Waals surface area contributed by atoms with Gasteiger partial charge in [0.25, 0.3) is 0 Å². The molecule has 1 atom stereocenters. The third kappa shape index (κ3) is 6.62. The maximum absolute atomic E-state index is 12.9. The Morgan fingerprint density at radius 1 is 1.24 bits per heavy atom. The smallest absolute Gasteiger partial charge is 0.235 e. The molecule has 0 saturated heterocycles. The van der Waals surface area contributed by atoms with Gasteiger partial charge in [0.05, 0.1) is 11.3 Å². The molecule has 0 fully saturated rings. The summed E-state index contributed by atoms with van der Waals surface area (Å²) < 4.78 is 8.10. The summed E-state index contributed by atoms with van der Waals surface area (Å²) in [5.41, 5.74) is 4.03. The minimum atomic E-state index is -0.333. The zero-order valence-corrected chi connectivity index (χ0v) is 23.3. The van der Waals surface area contributed by atoms with E-state index in [0.717, 1.165) is 48.1 Å². The number of carbonyl (C=O) groups excluding carboxylic acids is 1. The van der Waals surface area contributed by atoms with E-state index in [0.29, 0.717) is 28.1 Å². The Hall–Kier alpha value is -3.09. The van der Waals surface area contributed by atoms with Gasteiger partial charge in [0.2, 0.25) is 5.91 Å². The van der Waals surface area contributed by atoms with Gasteiger partial charge in [-0.25, -0.2) is 0 Å². The van der Waals surface area contributed by atoms with Crippen LogP contribution in [0.3, 0.4) is 0 Å². The molecule has 1 aliphatic carbocycles. The first kappa shape index (κ1) is 27.0. The van der Waals surface area contributed by atoms with Gasteiger partial charge < -0.3 is 10.1 Å². The number of nitriles is 1. The maximum atomic E-state index is 12.9. The second-order valence-electron chi connectivity index (χ2n) is 9.39. The lowest BCUT2D eigenvalue weighted by molar-refractivity contribution is -0.113. The molecule has 1 amide bonds. The van der Waals surface area contributed by atoms with Crippen molar-refractivity contribution in [1.29, 1.82) is 5.26 Å². The summed E-state index contributed by atoms with van der Waals surface area (Å²) in [5.74, 6) is 1.46. The van der Waals surface area contributed by atoms with Gasteiger partial charge in [0.15, 0.2) is 17.1 Å². The number of carbonyl (C=O) groups is 1. The number of fused-ring (bicyclic) bond motifs is 1. The fourth-order valence-electron chi connectivity index (χ4n) is 4.68. The Kier molecular flexibility index (Phi) is 9.06. The number of anilines is 1. The molecule has 1 N–H and O–H groups in total. The SMILES string of the molecule is C=CCn1c(SCC(=O)Nc2sc3c(c2C#N)CCCCCC3)nnc1C(C)Oc1cc(C)cc(C)c1. The van der Waals surface area contributed by atoms with Gasteiger partial charge in [-0.15, -0.1) is 28.1 Å². The Morgan fingerprint density at radius 2 is 1.97 bits per heavy atom. The lowest BCUT2D eigenvalue weighted by atomic mass is 9.97. The van der Waals surface area contributed by atoms with Gasteiger partial charge in [0, 0.05) is 11.4 Å². The average Bonchev–Trinajstić information content (AvgIpc) is 3.37. The zero-order chi connectivity index (χ0) is 26.4. The number of thioether (sulfide) groups is 1. The molecular weight excluding hydrogens is 502 g/mol. The van der Waals surface area contributed by atoms with E-state index in [1.807, 2.05) is 37.5 Å². The largest absolute Gasteiger partial charge is 0.483 e. The number of rotatable bonds is 9. The monoisotopic (exact) mass is 535 g/mol. The molecule has 1 aliphatic rings. The van der Waals surface area contributed by atoms with Crippen LogP contribution in [0.25, 0.3) is 0 Å². The first-order valence-corrected chi connectivity index (χ1v) is 14.5. The summed E-state index contributed by atoms with van der Waals surface area (Å²) in [4.78, 5) is 14.1. The highest BCUT2D eigenvalue weighted by Crippen LogP contribution is 2.36. The van der Waals surface area contributed by atoms with Crippen LogP contribution in [0, 0.1) is 25.2 Å². The zero-order valence-electron chi connectivity index (χ0n) is 21.7. The summed E-state index contributed by atoms with van der Waals surface area (Å²) in [5, 5.41) is 22.8. The Balaban J connectivity index is 1.44. The number of aryl methyl sites for hydroxylation is 3. The molecule has 0 aliphatic heterocycles. The molecule has 4 rings (SSSR count). The molecule has 3 aromatic rings. The van der Waals surface area contributed by atoms with Crippen LogP contribution in [0.1, 0.15) is 71.7 Å². The lowest BCUT2D eigenvalue weighted by Crippen LogP contribution is -2.15. The van der Waals surface area contributed by atoms with Crippen LogP contribution in [0.4, 0.5) is 5.00 Å². The summed E-state index contributed by atoms with van der Waals surface area (Å²) in [6, 6.07) is 8.44. The number of benzene rings is 1. The van der Waals surface area contributed by atoms with Crippen LogP contribution in [-0.4, -0.2) is 26.4 Å². The molecule has 0 radical (unpaired) electrons. The van der Waals surface area contributed by atoms with E-state index in [2.05, 4.69) is 34.2 Å². The molecule has 9 heteroatoms. The van der Waals surface area contributed by atoms with E-state index in [4.69, 9.17) is 4.74 Å². The fraction of sp³-hybridized carbons (Fsp3) is 0.429. The highest BCUT2D eigenvalue weighted by Gasteiger charge is 2.22. The van der Waals surface area contributed by atoms with Crippen molar-refractivity contribution in [2.45, 2.75) is 77.1 Å². The van der Waals surface area contributed by atoms with Crippen molar-refractivity contribution in [2.75, 3.05) is 11.1 Å². The van der Waals surface area contributed by atoms with E-state index in [-0.39, 0.29) is 17.8 Å². The van der Waals surface area contributed by atoms with Gasteiger partial charge in [-0.2, -0.15) is 5.26 Å². The minimum absolute atomic E-state index is 0.162. The van der Waals surface area contributed by atoms with Crippen LogP contribution >= 0.6 is 23.1 Å². The van der Waals surface area contributed by atoms with Crippen LogP contribution in [0.15, 0.2) is 36.0 Å².